The van der Waals surface area contributed by atoms with E-state index in [0.29, 0.717) is 5.75 Å². The van der Waals surface area contributed by atoms with Gasteiger partial charge in [0.25, 0.3) is 10.0 Å². The normalized spacial score (nSPS) is 11.0. The highest BCUT2D eigenvalue weighted by atomic mass is 32.2. The molecule has 0 atom stereocenters. The zero-order chi connectivity index (χ0) is 21.7. The topological polar surface area (TPSA) is 87.4 Å². The van der Waals surface area contributed by atoms with E-state index in [0.717, 1.165) is 16.6 Å². The first-order valence-electron chi connectivity index (χ1n) is 9.13. The van der Waals surface area contributed by atoms with Gasteiger partial charge in [0.1, 0.15) is 5.75 Å². The molecule has 0 aliphatic heterocycles. The monoisotopic (exact) mass is 424 g/mol. The third-order valence-corrected chi connectivity index (χ3v) is 5.95. The second kappa shape index (κ2) is 8.82. The van der Waals surface area contributed by atoms with Crippen molar-refractivity contribution in [3.05, 3.63) is 79.3 Å². The summed E-state index contributed by atoms with van der Waals surface area (Å²) in [6, 6.07) is 18.3. The van der Waals surface area contributed by atoms with Crippen LogP contribution in [0.4, 0.5) is 0 Å². The Morgan fingerprint density at radius 3 is 2.23 bits per heavy atom. The lowest BCUT2D eigenvalue weighted by Crippen LogP contribution is -2.11. The third kappa shape index (κ3) is 4.35. The Labute approximate surface area is 174 Å². The maximum absolute atomic E-state index is 12.9. The first-order valence-corrected chi connectivity index (χ1v) is 10.6. The van der Waals surface area contributed by atoms with Gasteiger partial charge in [-0.2, -0.15) is 9.59 Å². The summed E-state index contributed by atoms with van der Waals surface area (Å²) in [5.41, 5.74) is 1.82. The molecular formula is C22H20N2O5S. The summed E-state index contributed by atoms with van der Waals surface area (Å²) in [4.78, 5) is 16.5. The van der Waals surface area contributed by atoms with Gasteiger partial charge in [-0.25, -0.2) is 12.4 Å². The number of aromatic nitrogens is 2. The lowest BCUT2D eigenvalue weighted by molar-refractivity contribution is -0.191. The number of para-hydroxylation sites is 1. The first-order chi connectivity index (χ1) is 14.4. The Bertz CT molecular complexity index is 1280. The Balaban J connectivity index is 0.000000806. The largest absolute Gasteiger partial charge is 0.491 e. The van der Waals surface area contributed by atoms with E-state index in [1.807, 2.05) is 54.9 Å². The minimum Gasteiger partial charge on any atom is -0.491 e. The van der Waals surface area contributed by atoms with Crippen LogP contribution in [-0.2, 0) is 19.6 Å². The van der Waals surface area contributed by atoms with Gasteiger partial charge in [-0.15, -0.1) is 0 Å². The molecule has 0 saturated carbocycles. The van der Waals surface area contributed by atoms with Crippen molar-refractivity contribution in [2.45, 2.75) is 24.8 Å². The van der Waals surface area contributed by atoms with Gasteiger partial charge in [0.05, 0.1) is 22.2 Å². The van der Waals surface area contributed by atoms with Crippen molar-refractivity contribution >= 4 is 27.1 Å². The van der Waals surface area contributed by atoms with E-state index in [1.165, 1.54) is 3.97 Å². The van der Waals surface area contributed by atoms with Gasteiger partial charge >= 0.3 is 6.15 Å². The molecular weight excluding hydrogens is 404 g/mol. The fourth-order valence-electron chi connectivity index (χ4n) is 3.05. The lowest BCUT2D eigenvalue weighted by atomic mass is 10.2. The molecule has 4 aromatic rings. The van der Waals surface area contributed by atoms with Crippen LogP contribution >= 0.6 is 0 Å². The zero-order valence-electron chi connectivity index (χ0n) is 16.4. The minimum absolute atomic E-state index is 0.0378. The molecule has 0 spiro atoms. The Kier molecular flexibility index (Phi) is 6.20. The zero-order valence-corrected chi connectivity index (χ0v) is 17.2. The van der Waals surface area contributed by atoms with Crippen molar-refractivity contribution < 1.29 is 22.7 Å². The minimum atomic E-state index is -3.66. The molecule has 0 fully saturated rings. The Hall–Kier alpha value is -3.61. The molecule has 2 heterocycles. The van der Waals surface area contributed by atoms with Crippen LogP contribution in [0.3, 0.4) is 0 Å². The summed E-state index contributed by atoms with van der Waals surface area (Å²) < 4.78 is 34.6. The molecule has 2 aromatic carbocycles. The van der Waals surface area contributed by atoms with Gasteiger partial charge in [-0.3, -0.25) is 0 Å². The van der Waals surface area contributed by atoms with Crippen molar-refractivity contribution in [2.75, 3.05) is 0 Å². The molecule has 154 valence electrons. The molecule has 0 amide bonds. The van der Waals surface area contributed by atoms with E-state index in [4.69, 9.17) is 14.3 Å². The fourth-order valence-corrected chi connectivity index (χ4v) is 4.24. The molecule has 7 nitrogen and oxygen atoms in total. The van der Waals surface area contributed by atoms with Crippen LogP contribution in [0.25, 0.3) is 16.6 Å². The number of fused-ring (bicyclic) bond motifs is 1. The van der Waals surface area contributed by atoms with Gasteiger partial charge < -0.3 is 9.30 Å². The van der Waals surface area contributed by atoms with Crippen LogP contribution in [0.15, 0.2) is 84.1 Å². The average molecular weight is 424 g/mol. The van der Waals surface area contributed by atoms with E-state index in [-0.39, 0.29) is 17.2 Å². The number of ether oxygens (including phenoxy) is 1. The van der Waals surface area contributed by atoms with Crippen molar-refractivity contribution in [3.63, 3.8) is 0 Å². The van der Waals surface area contributed by atoms with Crippen molar-refractivity contribution in [1.82, 2.24) is 8.54 Å². The standard InChI is InChI=1S/C21H20N2O3S.CO2/c1-16(2)26-19-7-9-20(10-8-19)27(24,25)22-13-12-18(15-22)23-14-11-17-5-3-4-6-21(17)23;2-1-3/h3-16H,1-2H3;. The lowest BCUT2D eigenvalue weighted by Gasteiger charge is -2.10. The van der Waals surface area contributed by atoms with Crippen LogP contribution in [0.1, 0.15) is 13.8 Å². The molecule has 0 saturated heterocycles. The van der Waals surface area contributed by atoms with Crippen LogP contribution < -0.4 is 4.74 Å². The summed E-state index contributed by atoms with van der Waals surface area (Å²) in [5.74, 6) is 0.649. The predicted octanol–water partition coefficient (Wildman–Crippen LogP) is 3.87. The maximum atomic E-state index is 12.9. The molecule has 0 aliphatic rings. The third-order valence-electron chi connectivity index (χ3n) is 4.30. The average Bonchev–Trinajstić information content (AvgIpc) is 3.36. The highest BCUT2D eigenvalue weighted by molar-refractivity contribution is 7.90. The summed E-state index contributed by atoms with van der Waals surface area (Å²) in [6.45, 7) is 3.86. The van der Waals surface area contributed by atoms with E-state index in [2.05, 4.69) is 0 Å². The molecule has 0 unspecified atom stereocenters. The van der Waals surface area contributed by atoms with E-state index >= 15 is 0 Å². The highest BCUT2D eigenvalue weighted by Crippen LogP contribution is 2.23. The summed E-state index contributed by atoms with van der Waals surface area (Å²) in [5, 5.41) is 1.11. The summed E-state index contributed by atoms with van der Waals surface area (Å²) >= 11 is 0. The number of carbonyl (C=O) groups excluding carboxylic acids is 2. The van der Waals surface area contributed by atoms with Crippen LogP contribution in [0.5, 0.6) is 5.75 Å². The fraction of sp³-hybridized carbons (Fsp3) is 0.136. The van der Waals surface area contributed by atoms with E-state index in [9.17, 15) is 8.42 Å². The summed E-state index contributed by atoms with van der Waals surface area (Å²) in [7, 11) is -3.66. The summed E-state index contributed by atoms with van der Waals surface area (Å²) in [6.07, 6.45) is 5.42. The second-order valence-electron chi connectivity index (χ2n) is 6.67. The molecule has 0 aliphatic carbocycles. The van der Waals surface area contributed by atoms with E-state index < -0.39 is 10.0 Å². The van der Waals surface area contributed by atoms with Crippen molar-refractivity contribution in [2.24, 2.45) is 0 Å². The van der Waals surface area contributed by atoms with Gasteiger partial charge in [-0.1, -0.05) is 18.2 Å². The number of rotatable bonds is 5. The molecule has 2 aromatic heterocycles. The van der Waals surface area contributed by atoms with Gasteiger partial charge in [0.15, 0.2) is 0 Å². The predicted molar refractivity (Wildman–Crippen MR) is 111 cm³/mol. The van der Waals surface area contributed by atoms with Crippen LogP contribution in [0.2, 0.25) is 0 Å². The molecule has 0 radical (unpaired) electrons. The number of nitrogens with zero attached hydrogens (tertiary/aromatic N) is 2. The molecule has 0 bridgehead atoms. The first kappa shape index (κ1) is 21.1. The van der Waals surface area contributed by atoms with E-state index in [1.54, 1.807) is 42.7 Å². The highest BCUT2D eigenvalue weighted by Gasteiger charge is 2.17. The SMILES string of the molecule is CC(C)Oc1ccc(S(=O)(=O)n2ccc(-n3ccc4ccccc43)c2)cc1.O=C=O. The van der Waals surface area contributed by atoms with Gasteiger partial charge in [0, 0.05) is 18.6 Å². The quantitative estimate of drug-likeness (QED) is 0.485. The smallest absolute Gasteiger partial charge is 0.373 e. The van der Waals surface area contributed by atoms with Gasteiger partial charge in [-0.05, 0) is 61.7 Å². The van der Waals surface area contributed by atoms with Crippen LogP contribution in [0, 0.1) is 0 Å². The van der Waals surface area contributed by atoms with Crippen LogP contribution in [-0.4, -0.2) is 29.2 Å². The molecule has 8 heteroatoms. The molecule has 30 heavy (non-hydrogen) atoms. The number of hydrogen-bond donors (Lipinski definition) is 0. The number of benzene rings is 2. The maximum Gasteiger partial charge on any atom is 0.373 e. The van der Waals surface area contributed by atoms with Crippen molar-refractivity contribution in [3.8, 4) is 11.4 Å². The molecule has 4 rings (SSSR count). The van der Waals surface area contributed by atoms with Gasteiger partial charge in [0.2, 0.25) is 0 Å². The number of hydrogen-bond acceptors (Lipinski definition) is 5. The Morgan fingerprint density at radius 2 is 1.57 bits per heavy atom. The molecule has 0 N–H and O–H groups in total. The Morgan fingerprint density at radius 1 is 0.900 bits per heavy atom. The second-order valence-corrected chi connectivity index (χ2v) is 8.51. The van der Waals surface area contributed by atoms with Crippen molar-refractivity contribution in [1.29, 1.82) is 0 Å².